The molecule has 0 bridgehead atoms. The number of carbonyl (C=O) groups is 3. The maximum absolute atomic E-state index is 12.6. The molecule has 1 aromatic rings. The lowest BCUT2D eigenvalue weighted by Gasteiger charge is -2.35. The summed E-state index contributed by atoms with van der Waals surface area (Å²) < 4.78 is 0. The van der Waals surface area contributed by atoms with Gasteiger partial charge in [-0.3, -0.25) is 14.4 Å². The average Bonchev–Trinajstić information content (AvgIpc) is 2.64. The first-order valence-electron chi connectivity index (χ1n) is 9.31. The standard InChI is InChI=1S/C20H27N3O3/c1-14(2)20(26)23-10-8-22(9-11-23)19(25)13-15-4-6-17-16(12-15)5-7-18(24)21(17)3/h4,6,12,14H,5,7-11,13H2,1-3H3. The number of aryl methyl sites for hydroxylation is 1. The smallest absolute Gasteiger partial charge is 0.227 e. The van der Waals surface area contributed by atoms with E-state index in [0.717, 1.165) is 23.2 Å². The number of piperazine rings is 1. The van der Waals surface area contributed by atoms with Crippen LogP contribution < -0.4 is 4.90 Å². The Bertz CT molecular complexity index is 721. The lowest BCUT2D eigenvalue weighted by Crippen LogP contribution is -2.51. The Morgan fingerprint density at radius 3 is 2.35 bits per heavy atom. The van der Waals surface area contributed by atoms with Gasteiger partial charge in [-0.05, 0) is 23.6 Å². The van der Waals surface area contributed by atoms with Gasteiger partial charge in [0.2, 0.25) is 17.7 Å². The first-order chi connectivity index (χ1) is 12.4. The second-order valence-electron chi connectivity index (χ2n) is 7.45. The Kier molecular flexibility index (Phi) is 5.30. The van der Waals surface area contributed by atoms with Crippen molar-refractivity contribution in [1.82, 2.24) is 9.80 Å². The minimum Gasteiger partial charge on any atom is -0.339 e. The molecule has 0 radical (unpaired) electrons. The number of amides is 3. The van der Waals surface area contributed by atoms with Crippen LogP contribution >= 0.6 is 0 Å². The predicted octanol–water partition coefficient (Wildman–Crippen LogP) is 1.46. The molecule has 140 valence electrons. The molecule has 6 heteroatoms. The van der Waals surface area contributed by atoms with Crippen LogP contribution in [0.4, 0.5) is 5.69 Å². The number of carbonyl (C=O) groups excluding carboxylic acids is 3. The van der Waals surface area contributed by atoms with Crippen molar-refractivity contribution in [3.8, 4) is 0 Å². The fraction of sp³-hybridized carbons (Fsp3) is 0.550. The van der Waals surface area contributed by atoms with Crippen LogP contribution in [0.5, 0.6) is 0 Å². The maximum atomic E-state index is 12.6. The molecule has 26 heavy (non-hydrogen) atoms. The minimum absolute atomic E-state index is 0.00207. The van der Waals surface area contributed by atoms with Crippen LogP contribution in [0.1, 0.15) is 31.4 Å². The summed E-state index contributed by atoms with van der Waals surface area (Å²) in [6.45, 7) is 6.22. The van der Waals surface area contributed by atoms with Gasteiger partial charge in [0.15, 0.2) is 0 Å². The normalized spacial score (nSPS) is 17.5. The van der Waals surface area contributed by atoms with Gasteiger partial charge in [-0.2, -0.15) is 0 Å². The molecule has 3 rings (SSSR count). The molecule has 0 atom stereocenters. The van der Waals surface area contributed by atoms with Crippen molar-refractivity contribution >= 4 is 23.4 Å². The van der Waals surface area contributed by atoms with Crippen molar-refractivity contribution in [2.45, 2.75) is 33.1 Å². The van der Waals surface area contributed by atoms with Gasteiger partial charge in [-0.15, -0.1) is 0 Å². The van der Waals surface area contributed by atoms with Crippen molar-refractivity contribution < 1.29 is 14.4 Å². The molecule has 1 aromatic carbocycles. The number of hydrogen-bond donors (Lipinski definition) is 0. The maximum Gasteiger partial charge on any atom is 0.227 e. The molecule has 2 heterocycles. The second-order valence-corrected chi connectivity index (χ2v) is 7.45. The molecule has 6 nitrogen and oxygen atoms in total. The monoisotopic (exact) mass is 357 g/mol. The summed E-state index contributed by atoms with van der Waals surface area (Å²) in [7, 11) is 1.79. The van der Waals surface area contributed by atoms with E-state index < -0.39 is 0 Å². The molecule has 1 fully saturated rings. The van der Waals surface area contributed by atoms with Crippen molar-refractivity contribution in [3.63, 3.8) is 0 Å². The molecule has 1 saturated heterocycles. The average molecular weight is 357 g/mol. The molecule has 0 N–H and O–H groups in total. The highest BCUT2D eigenvalue weighted by atomic mass is 16.2. The van der Waals surface area contributed by atoms with Crippen molar-refractivity contribution in [2.24, 2.45) is 5.92 Å². The van der Waals surface area contributed by atoms with E-state index >= 15 is 0 Å². The third-order valence-corrected chi connectivity index (χ3v) is 5.28. The Morgan fingerprint density at radius 2 is 1.69 bits per heavy atom. The summed E-state index contributed by atoms with van der Waals surface area (Å²) in [6, 6.07) is 5.92. The second kappa shape index (κ2) is 7.48. The molecule has 0 saturated carbocycles. The lowest BCUT2D eigenvalue weighted by molar-refractivity contribution is -0.141. The molecule has 2 aliphatic rings. The van der Waals surface area contributed by atoms with E-state index in [-0.39, 0.29) is 23.6 Å². The summed E-state index contributed by atoms with van der Waals surface area (Å²) in [5, 5.41) is 0. The molecule has 0 aliphatic carbocycles. The molecule has 0 aromatic heterocycles. The van der Waals surface area contributed by atoms with Crippen LogP contribution in [0.3, 0.4) is 0 Å². The highest BCUT2D eigenvalue weighted by Gasteiger charge is 2.26. The van der Waals surface area contributed by atoms with E-state index in [4.69, 9.17) is 0 Å². The van der Waals surface area contributed by atoms with Gasteiger partial charge in [-0.25, -0.2) is 0 Å². The number of anilines is 1. The quantitative estimate of drug-likeness (QED) is 0.823. The molecule has 0 unspecified atom stereocenters. The van der Waals surface area contributed by atoms with Crippen LogP contribution in [0.2, 0.25) is 0 Å². The van der Waals surface area contributed by atoms with Crippen molar-refractivity contribution in [2.75, 3.05) is 38.1 Å². The van der Waals surface area contributed by atoms with E-state index in [2.05, 4.69) is 6.07 Å². The molecular weight excluding hydrogens is 330 g/mol. The van der Waals surface area contributed by atoms with Gasteiger partial charge in [0, 0.05) is 51.3 Å². The zero-order valence-electron chi connectivity index (χ0n) is 15.8. The van der Waals surface area contributed by atoms with E-state index in [1.807, 2.05) is 35.8 Å². The zero-order chi connectivity index (χ0) is 18.8. The SMILES string of the molecule is CC(C)C(=O)N1CCN(C(=O)Cc2ccc3c(c2)CCC(=O)N3C)CC1. The Hall–Kier alpha value is -2.37. The largest absolute Gasteiger partial charge is 0.339 e. The van der Waals surface area contributed by atoms with Crippen LogP contribution in [0, 0.1) is 5.92 Å². The van der Waals surface area contributed by atoms with Gasteiger partial charge in [0.1, 0.15) is 0 Å². The van der Waals surface area contributed by atoms with E-state index in [1.165, 1.54) is 0 Å². The van der Waals surface area contributed by atoms with Crippen LogP contribution in [0.15, 0.2) is 18.2 Å². The summed E-state index contributed by atoms with van der Waals surface area (Å²) in [6.07, 6.45) is 1.62. The summed E-state index contributed by atoms with van der Waals surface area (Å²) >= 11 is 0. The van der Waals surface area contributed by atoms with Crippen LogP contribution in [-0.2, 0) is 27.2 Å². The number of rotatable bonds is 3. The Labute approximate surface area is 154 Å². The zero-order valence-corrected chi connectivity index (χ0v) is 15.8. The minimum atomic E-state index is -0.00207. The predicted molar refractivity (Wildman–Crippen MR) is 99.9 cm³/mol. The van der Waals surface area contributed by atoms with Crippen molar-refractivity contribution in [3.05, 3.63) is 29.3 Å². The summed E-state index contributed by atoms with van der Waals surface area (Å²) in [4.78, 5) is 41.8. The summed E-state index contributed by atoms with van der Waals surface area (Å²) in [5.74, 6) is 0.389. The van der Waals surface area contributed by atoms with E-state index in [9.17, 15) is 14.4 Å². The van der Waals surface area contributed by atoms with E-state index in [1.54, 1.807) is 11.9 Å². The highest BCUT2D eigenvalue weighted by molar-refractivity contribution is 5.96. The van der Waals surface area contributed by atoms with Gasteiger partial charge < -0.3 is 14.7 Å². The molecular formula is C20H27N3O3. The third kappa shape index (κ3) is 3.74. The topological polar surface area (TPSA) is 60.9 Å². The fourth-order valence-electron chi connectivity index (χ4n) is 3.65. The Morgan fingerprint density at radius 1 is 1.04 bits per heavy atom. The molecule has 3 amide bonds. The van der Waals surface area contributed by atoms with Gasteiger partial charge in [0.05, 0.1) is 6.42 Å². The first kappa shape index (κ1) is 18.4. The van der Waals surface area contributed by atoms with Crippen LogP contribution in [0.25, 0.3) is 0 Å². The Balaban J connectivity index is 1.59. The van der Waals surface area contributed by atoms with Crippen molar-refractivity contribution in [1.29, 1.82) is 0 Å². The fourth-order valence-corrected chi connectivity index (χ4v) is 3.65. The van der Waals surface area contributed by atoms with Gasteiger partial charge in [-0.1, -0.05) is 26.0 Å². The lowest BCUT2D eigenvalue weighted by atomic mass is 9.98. The number of fused-ring (bicyclic) bond motifs is 1. The third-order valence-electron chi connectivity index (χ3n) is 5.28. The highest BCUT2D eigenvalue weighted by Crippen LogP contribution is 2.27. The molecule has 0 spiro atoms. The number of hydrogen-bond acceptors (Lipinski definition) is 3. The van der Waals surface area contributed by atoms with Gasteiger partial charge >= 0.3 is 0 Å². The van der Waals surface area contributed by atoms with Gasteiger partial charge in [0.25, 0.3) is 0 Å². The first-order valence-corrected chi connectivity index (χ1v) is 9.31. The summed E-state index contributed by atoms with van der Waals surface area (Å²) in [5.41, 5.74) is 3.06. The van der Waals surface area contributed by atoms with Crippen LogP contribution in [-0.4, -0.2) is 60.7 Å². The number of nitrogens with zero attached hydrogens (tertiary/aromatic N) is 3. The van der Waals surface area contributed by atoms with E-state index in [0.29, 0.717) is 39.0 Å². The molecule has 2 aliphatic heterocycles. The number of benzene rings is 1.